The Kier molecular flexibility index (Phi) is 3.67. The van der Waals surface area contributed by atoms with Crippen molar-refractivity contribution in [2.24, 2.45) is 0 Å². The van der Waals surface area contributed by atoms with Gasteiger partial charge in [-0.05, 0) is 49.9 Å². The zero-order chi connectivity index (χ0) is 13.1. The molecule has 0 aliphatic heterocycles. The van der Waals surface area contributed by atoms with Gasteiger partial charge in [0.25, 0.3) is 0 Å². The highest BCUT2D eigenvalue weighted by Crippen LogP contribution is 2.17. The highest BCUT2D eigenvalue weighted by molar-refractivity contribution is 5.46. The van der Waals surface area contributed by atoms with Crippen molar-refractivity contribution in [1.29, 1.82) is 0 Å². The van der Waals surface area contributed by atoms with E-state index < -0.39 is 0 Å². The molecule has 0 saturated heterocycles. The molecule has 18 heavy (non-hydrogen) atoms. The topological polar surface area (TPSA) is 42.4 Å². The molecule has 0 amide bonds. The number of hydrogen-bond acceptors (Lipinski definition) is 3. The maximum atomic E-state index is 13.1. The van der Waals surface area contributed by atoms with Crippen LogP contribution in [-0.2, 0) is 13.1 Å². The Balaban J connectivity index is 2.02. The van der Waals surface area contributed by atoms with Gasteiger partial charge in [-0.15, -0.1) is 0 Å². The first-order valence-corrected chi connectivity index (χ1v) is 5.82. The lowest BCUT2D eigenvalue weighted by Crippen LogP contribution is -2.17. The molecule has 2 aromatic rings. The van der Waals surface area contributed by atoms with E-state index in [2.05, 4.69) is 0 Å². The number of benzene rings is 1. The van der Waals surface area contributed by atoms with Gasteiger partial charge in [-0.3, -0.25) is 4.90 Å². The van der Waals surface area contributed by atoms with Gasteiger partial charge in [0.2, 0.25) is 0 Å². The number of aryl methyl sites for hydroxylation is 1. The zero-order valence-electron chi connectivity index (χ0n) is 10.6. The molecule has 2 N–H and O–H groups in total. The Bertz CT molecular complexity index is 536. The van der Waals surface area contributed by atoms with Crippen molar-refractivity contribution in [2.75, 3.05) is 12.8 Å². The fourth-order valence-corrected chi connectivity index (χ4v) is 1.89. The fraction of sp³-hybridized carbons (Fsp3) is 0.286. The van der Waals surface area contributed by atoms with Crippen molar-refractivity contribution in [1.82, 2.24) is 4.90 Å². The van der Waals surface area contributed by atoms with Crippen molar-refractivity contribution in [3.05, 3.63) is 53.2 Å². The van der Waals surface area contributed by atoms with Crippen LogP contribution in [0.2, 0.25) is 0 Å². The first kappa shape index (κ1) is 12.6. The van der Waals surface area contributed by atoms with Crippen LogP contribution in [0.1, 0.15) is 17.1 Å². The third-order valence-electron chi connectivity index (χ3n) is 2.77. The summed E-state index contributed by atoms with van der Waals surface area (Å²) in [5, 5.41) is 0. The van der Waals surface area contributed by atoms with Gasteiger partial charge in [0.15, 0.2) is 0 Å². The number of rotatable bonds is 4. The van der Waals surface area contributed by atoms with E-state index in [1.54, 1.807) is 6.07 Å². The van der Waals surface area contributed by atoms with Crippen LogP contribution in [-0.4, -0.2) is 11.9 Å². The summed E-state index contributed by atoms with van der Waals surface area (Å²) in [5.41, 5.74) is 7.22. The van der Waals surface area contributed by atoms with Gasteiger partial charge in [0.05, 0.1) is 6.54 Å². The first-order chi connectivity index (χ1) is 8.54. The van der Waals surface area contributed by atoms with Crippen molar-refractivity contribution in [2.45, 2.75) is 20.0 Å². The minimum Gasteiger partial charge on any atom is -0.465 e. The minimum absolute atomic E-state index is 0.263. The molecule has 0 aliphatic carbocycles. The molecule has 0 saturated carbocycles. The molecule has 0 spiro atoms. The predicted molar refractivity (Wildman–Crippen MR) is 69.4 cm³/mol. The normalized spacial score (nSPS) is 11.1. The lowest BCUT2D eigenvalue weighted by Gasteiger charge is -2.16. The summed E-state index contributed by atoms with van der Waals surface area (Å²) in [7, 11) is 1.95. The monoisotopic (exact) mass is 248 g/mol. The van der Waals surface area contributed by atoms with Crippen LogP contribution in [0.3, 0.4) is 0 Å². The molecule has 0 radical (unpaired) electrons. The number of furan rings is 1. The van der Waals surface area contributed by atoms with Crippen molar-refractivity contribution in [3.8, 4) is 0 Å². The summed E-state index contributed by atoms with van der Waals surface area (Å²) in [5.74, 6) is 1.52. The van der Waals surface area contributed by atoms with Crippen LogP contribution in [0.25, 0.3) is 0 Å². The van der Waals surface area contributed by atoms with Gasteiger partial charge in [-0.2, -0.15) is 0 Å². The van der Waals surface area contributed by atoms with E-state index in [-0.39, 0.29) is 5.82 Å². The largest absolute Gasteiger partial charge is 0.465 e. The summed E-state index contributed by atoms with van der Waals surface area (Å²) in [6.45, 7) is 3.17. The summed E-state index contributed by atoms with van der Waals surface area (Å²) in [6, 6.07) is 8.31. The lowest BCUT2D eigenvalue weighted by molar-refractivity contribution is 0.285. The van der Waals surface area contributed by atoms with Crippen LogP contribution in [0, 0.1) is 12.7 Å². The molecule has 2 rings (SSSR count). The highest BCUT2D eigenvalue weighted by Gasteiger charge is 2.08. The van der Waals surface area contributed by atoms with Gasteiger partial charge < -0.3 is 10.2 Å². The third kappa shape index (κ3) is 3.11. The Morgan fingerprint density at radius 3 is 2.67 bits per heavy atom. The Morgan fingerprint density at radius 1 is 1.22 bits per heavy atom. The standard InChI is InChI=1S/C14H17FN2O/c1-10-3-5-13(18-10)9-17(2)8-11-7-12(15)4-6-14(11)16/h3-7H,8-9,16H2,1-2H3. The number of nitrogens with zero attached hydrogens (tertiary/aromatic N) is 1. The van der Waals surface area contributed by atoms with Gasteiger partial charge in [0.1, 0.15) is 17.3 Å². The minimum atomic E-state index is -0.263. The third-order valence-corrected chi connectivity index (χ3v) is 2.77. The second-order valence-electron chi connectivity index (χ2n) is 4.53. The average molecular weight is 248 g/mol. The number of anilines is 1. The molecular weight excluding hydrogens is 231 g/mol. The van der Waals surface area contributed by atoms with Gasteiger partial charge >= 0.3 is 0 Å². The van der Waals surface area contributed by atoms with E-state index >= 15 is 0 Å². The highest BCUT2D eigenvalue weighted by atomic mass is 19.1. The quantitative estimate of drug-likeness (QED) is 0.846. The second-order valence-corrected chi connectivity index (χ2v) is 4.53. The Hall–Kier alpha value is -1.81. The molecule has 0 bridgehead atoms. The number of halogens is 1. The number of hydrogen-bond donors (Lipinski definition) is 1. The van der Waals surface area contributed by atoms with E-state index in [1.807, 2.05) is 31.0 Å². The Labute approximate surface area is 106 Å². The molecule has 1 aromatic heterocycles. The summed E-state index contributed by atoms with van der Waals surface area (Å²) in [6.07, 6.45) is 0. The smallest absolute Gasteiger partial charge is 0.123 e. The fourth-order valence-electron chi connectivity index (χ4n) is 1.89. The van der Waals surface area contributed by atoms with Crippen LogP contribution < -0.4 is 5.73 Å². The maximum Gasteiger partial charge on any atom is 0.123 e. The van der Waals surface area contributed by atoms with Crippen LogP contribution in [0.15, 0.2) is 34.7 Å². The molecule has 0 aliphatic rings. The predicted octanol–water partition coefficient (Wildman–Crippen LogP) is 2.94. The molecular formula is C14H17FN2O. The van der Waals surface area contributed by atoms with Crippen LogP contribution in [0.4, 0.5) is 10.1 Å². The Morgan fingerprint density at radius 2 is 2.00 bits per heavy atom. The molecule has 96 valence electrons. The molecule has 1 aromatic carbocycles. The van der Waals surface area contributed by atoms with E-state index in [1.165, 1.54) is 12.1 Å². The number of nitrogens with two attached hydrogens (primary N) is 1. The van der Waals surface area contributed by atoms with Gasteiger partial charge in [-0.1, -0.05) is 0 Å². The van der Waals surface area contributed by atoms with Crippen molar-refractivity contribution in [3.63, 3.8) is 0 Å². The molecule has 0 atom stereocenters. The van der Waals surface area contributed by atoms with Gasteiger partial charge in [-0.25, -0.2) is 4.39 Å². The van der Waals surface area contributed by atoms with E-state index in [9.17, 15) is 4.39 Å². The second kappa shape index (κ2) is 5.23. The summed E-state index contributed by atoms with van der Waals surface area (Å²) in [4.78, 5) is 2.03. The summed E-state index contributed by atoms with van der Waals surface area (Å²) >= 11 is 0. The molecule has 0 unspecified atom stereocenters. The van der Waals surface area contributed by atoms with E-state index in [4.69, 9.17) is 10.2 Å². The zero-order valence-corrected chi connectivity index (χ0v) is 10.6. The molecule has 1 heterocycles. The molecule has 4 heteroatoms. The van der Waals surface area contributed by atoms with Gasteiger partial charge in [0, 0.05) is 12.2 Å². The van der Waals surface area contributed by atoms with Crippen LogP contribution in [0.5, 0.6) is 0 Å². The SMILES string of the molecule is Cc1ccc(CN(C)Cc2cc(F)ccc2N)o1. The summed E-state index contributed by atoms with van der Waals surface area (Å²) < 4.78 is 18.6. The van der Waals surface area contributed by atoms with E-state index in [0.29, 0.717) is 18.8 Å². The average Bonchev–Trinajstić information content (AvgIpc) is 2.69. The first-order valence-electron chi connectivity index (χ1n) is 5.82. The number of nitrogen functional groups attached to an aromatic ring is 1. The maximum absolute atomic E-state index is 13.1. The lowest BCUT2D eigenvalue weighted by atomic mass is 10.1. The molecule has 0 fully saturated rings. The van der Waals surface area contributed by atoms with Crippen LogP contribution >= 0.6 is 0 Å². The van der Waals surface area contributed by atoms with Crippen molar-refractivity contribution < 1.29 is 8.81 Å². The van der Waals surface area contributed by atoms with E-state index in [0.717, 1.165) is 17.1 Å². The van der Waals surface area contributed by atoms with Crippen molar-refractivity contribution >= 4 is 5.69 Å². The molecule has 3 nitrogen and oxygen atoms in total.